The van der Waals surface area contributed by atoms with Crippen LogP contribution in [0.25, 0.3) is 11.3 Å². The first-order chi connectivity index (χ1) is 8.22. The van der Waals surface area contributed by atoms with E-state index in [4.69, 9.17) is 27.7 Å². The SMILES string of the molecule is CCNCc1cc(-c2cccc(Cl)c2Cl)on1. The lowest BCUT2D eigenvalue weighted by atomic mass is 10.1. The Morgan fingerprint density at radius 1 is 1.35 bits per heavy atom. The van der Waals surface area contributed by atoms with E-state index in [2.05, 4.69) is 10.5 Å². The van der Waals surface area contributed by atoms with Crippen molar-refractivity contribution < 1.29 is 4.52 Å². The Morgan fingerprint density at radius 3 is 2.94 bits per heavy atom. The monoisotopic (exact) mass is 270 g/mol. The highest BCUT2D eigenvalue weighted by Gasteiger charge is 2.11. The molecular formula is C12H12Cl2N2O. The molecule has 0 fully saturated rings. The van der Waals surface area contributed by atoms with E-state index in [0.29, 0.717) is 22.4 Å². The third kappa shape index (κ3) is 2.80. The summed E-state index contributed by atoms with van der Waals surface area (Å²) in [4.78, 5) is 0. The third-order valence-corrected chi connectivity index (χ3v) is 3.15. The maximum Gasteiger partial charge on any atom is 0.168 e. The molecule has 1 aromatic carbocycles. The summed E-state index contributed by atoms with van der Waals surface area (Å²) in [7, 11) is 0. The molecule has 5 heteroatoms. The van der Waals surface area contributed by atoms with Crippen molar-refractivity contribution in [2.45, 2.75) is 13.5 Å². The second-order valence-electron chi connectivity index (χ2n) is 3.56. The lowest BCUT2D eigenvalue weighted by Gasteiger charge is -2.00. The van der Waals surface area contributed by atoms with Crippen LogP contribution in [0.4, 0.5) is 0 Å². The number of halogens is 2. The molecule has 0 saturated heterocycles. The molecule has 2 aromatic rings. The molecule has 1 N–H and O–H groups in total. The number of nitrogens with one attached hydrogen (secondary N) is 1. The van der Waals surface area contributed by atoms with Crippen LogP contribution in [-0.2, 0) is 6.54 Å². The highest BCUT2D eigenvalue weighted by atomic mass is 35.5. The average molecular weight is 271 g/mol. The minimum absolute atomic E-state index is 0.486. The van der Waals surface area contributed by atoms with Gasteiger partial charge in [0.05, 0.1) is 15.7 Å². The van der Waals surface area contributed by atoms with E-state index < -0.39 is 0 Å². The number of nitrogens with zero attached hydrogens (tertiary/aromatic N) is 1. The molecule has 0 saturated carbocycles. The van der Waals surface area contributed by atoms with Gasteiger partial charge in [0, 0.05) is 18.2 Å². The Balaban J connectivity index is 2.27. The van der Waals surface area contributed by atoms with Gasteiger partial charge in [-0.1, -0.05) is 41.3 Å². The largest absolute Gasteiger partial charge is 0.356 e. The van der Waals surface area contributed by atoms with Crippen LogP contribution in [0, 0.1) is 0 Å². The molecule has 3 nitrogen and oxygen atoms in total. The van der Waals surface area contributed by atoms with E-state index in [1.165, 1.54) is 0 Å². The molecule has 0 amide bonds. The van der Waals surface area contributed by atoms with E-state index in [0.717, 1.165) is 17.8 Å². The number of aromatic nitrogens is 1. The molecule has 0 unspecified atom stereocenters. The van der Waals surface area contributed by atoms with Gasteiger partial charge in [-0.25, -0.2) is 0 Å². The van der Waals surface area contributed by atoms with Gasteiger partial charge < -0.3 is 9.84 Å². The summed E-state index contributed by atoms with van der Waals surface area (Å²) in [6.07, 6.45) is 0. The molecule has 90 valence electrons. The normalized spacial score (nSPS) is 10.8. The first kappa shape index (κ1) is 12.4. The fraction of sp³-hybridized carbons (Fsp3) is 0.250. The summed E-state index contributed by atoms with van der Waals surface area (Å²) >= 11 is 12.1. The molecule has 0 bridgehead atoms. The lowest BCUT2D eigenvalue weighted by Crippen LogP contribution is -2.11. The molecule has 0 aliphatic heterocycles. The maximum absolute atomic E-state index is 6.11. The molecule has 17 heavy (non-hydrogen) atoms. The van der Waals surface area contributed by atoms with Crippen molar-refractivity contribution in [3.63, 3.8) is 0 Å². The summed E-state index contributed by atoms with van der Waals surface area (Å²) in [5, 5.41) is 8.13. The van der Waals surface area contributed by atoms with Crippen LogP contribution >= 0.6 is 23.2 Å². The zero-order chi connectivity index (χ0) is 12.3. The van der Waals surface area contributed by atoms with Crippen molar-refractivity contribution in [1.82, 2.24) is 10.5 Å². The van der Waals surface area contributed by atoms with E-state index in [1.807, 2.05) is 25.1 Å². The van der Waals surface area contributed by atoms with Gasteiger partial charge in [0.1, 0.15) is 0 Å². The lowest BCUT2D eigenvalue weighted by molar-refractivity contribution is 0.420. The summed E-state index contributed by atoms with van der Waals surface area (Å²) < 4.78 is 5.25. The van der Waals surface area contributed by atoms with Crippen LogP contribution in [0.2, 0.25) is 10.0 Å². The minimum atomic E-state index is 0.486. The Labute approximate surface area is 110 Å². The standard InChI is InChI=1S/C12H12Cl2N2O/c1-2-15-7-8-6-11(17-16-8)9-4-3-5-10(13)12(9)14/h3-6,15H,2,7H2,1H3. The first-order valence-electron chi connectivity index (χ1n) is 5.33. The minimum Gasteiger partial charge on any atom is -0.356 e. The highest BCUT2D eigenvalue weighted by Crippen LogP contribution is 2.33. The Bertz CT molecular complexity index is 511. The van der Waals surface area contributed by atoms with Gasteiger partial charge in [0.2, 0.25) is 0 Å². The zero-order valence-electron chi connectivity index (χ0n) is 9.34. The van der Waals surface area contributed by atoms with E-state index in [-0.39, 0.29) is 0 Å². The van der Waals surface area contributed by atoms with Crippen LogP contribution in [0.5, 0.6) is 0 Å². The molecule has 2 rings (SSSR count). The molecule has 0 atom stereocenters. The summed E-state index contributed by atoms with van der Waals surface area (Å²) in [6, 6.07) is 7.28. The van der Waals surface area contributed by atoms with E-state index in [1.54, 1.807) is 6.07 Å². The number of rotatable bonds is 4. The summed E-state index contributed by atoms with van der Waals surface area (Å²) in [6.45, 7) is 3.60. The van der Waals surface area contributed by atoms with Crippen LogP contribution in [0.1, 0.15) is 12.6 Å². The van der Waals surface area contributed by atoms with Gasteiger partial charge in [0.15, 0.2) is 5.76 Å². The Hall–Kier alpha value is -1.03. The number of hydrogen-bond donors (Lipinski definition) is 1. The molecule has 1 aromatic heterocycles. The third-order valence-electron chi connectivity index (χ3n) is 2.33. The van der Waals surface area contributed by atoms with Crippen LogP contribution in [0.15, 0.2) is 28.8 Å². The molecule has 0 aliphatic rings. The van der Waals surface area contributed by atoms with Gasteiger partial charge in [-0.15, -0.1) is 0 Å². The second-order valence-corrected chi connectivity index (χ2v) is 4.35. The van der Waals surface area contributed by atoms with E-state index in [9.17, 15) is 0 Å². The molecule has 1 heterocycles. The maximum atomic E-state index is 6.11. The molecule has 0 radical (unpaired) electrons. The quantitative estimate of drug-likeness (QED) is 0.920. The fourth-order valence-corrected chi connectivity index (χ4v) is 1.86. The Morgan fingerprint density at radius 2 is 2.18 bits per heavy atom. The van der Waals surface area contributed by atoms with Gasteiger partial charge in [-0.3, -0.25) is 0 Å². The summed E-state index contributed by atoms with van der Waals surface area (Å²) in [5.74, 6) is 0.630. The van der Waals surface area contributed by atoms with Crippen molar-refractivity contribution in [2.75, 3.05) is 6.54 Å². The fourth-order valence-electron chi connectivity index (χ4n) is 1.47. The Kier molecular flexibility index (Phi) is 4.05. The molecule has 0 spiro atoms. The van der Waals surface area contributed by atoms with Crippen molar-refractivity contribution >= 4 is 23.2 Å². The molecule has 0 aliphatic carbocycles. The van der Waals surface area contributed by atoms with Crippen molar-refractivity contribution in [2.24, 2.45) is 0 Å². The number of hydrogen-bond acceptors (Lipinski definition) is 3. The van der Waals surface area contributed by atoms with Crippen molar-refractivity contribution in [1.29, 1.82) is 0 Å². The predicted octanol–water partition coefficient (Wildman–Crippen LogP) is 3.76. The van der Waals surface area contributed by atoms with Crippen LogP contribution in [0.3, 0.4) is 0 Å². The van der Waals surface area contributed by atoms with Crippen LogP contribution in [-0.4, -0.2) is 11.7 Å². The van der Waals surface area contributed by atoms with E-state index >= 15 is 0 Å². The topological polar surface area (TPSA) is 38.1 Å². The van der Waals surface area contributed by atoms with Crippen molar-refractivity contribution in [3.05, 3.63) is 40.0 Å². The highest BCUT2D eigenvalue weighted by molar-refractivity contribution is 6.43. The van der Waals surface area contributed by atoms with Gasteiger partial charge in [0.25, 0.3) is 0 Å². The van der Waals surface area contributed by atoms with Crippen molar-refractivity contribution in [3.8, 4) is 11.3 Å². The van der Waals surface area contributed by atoms with Gasteiger partial charge in [-0.2, -0.15) is 0 Å². The summed E-state index contributed by atoms with van der Waals surface area (Å²) in [5.41, 5.74) is 1.60. The number of benzene rings is 1. The average Bonchev–Trinajstić information content (AvgIpc) is 2.78. The van der Waals surface area contributed by atoms with Gasteiger partial charge in [-0.05, 0) is 18.7 Å². The zero-order valence-corrected chi connectivity index (χ0v) is 10.8. The second kappa shape index (κ2) is 5.54. The van der Waals surface area contributed by atoms with Gasteiger partial charge >= 0.3 is 0 Å². The molecular weight excluding hydrogens is 259 g/mol. The smallest absolute Gasteiger partial charge is 0.168 e. The first-order valence-corrected chi connectivity index (χ1v) is 6.08. The van der Waals surface area contributed by atoms with Crippen LogP contribution < -0.4 is 5.32 Å². The predicted molar refractivity (Wildman–Crippen MR) is 69.3 cm³/mol.